The third-order valence-electron chi connectivity index (χ3n) is 8.63. The SMILES string of the molecule is C=CCC(C(Cc1nc2cc(C(=C)O)ccc2[nH]1)CC1CCCC1)C(O)c1cc(CC)c(C)c(CC)c1. The number of allylic oxidation sites excluding steroid dienone is 1. The van der Waals surface area contributed by atoms with Gasteiger partial charge in [0.2, 0.25) is 0 Å². The van der Waals surface area contributed by atoms with Crippen molar-refractivity contribution in [3.8, 4) is 0 Å². The number of aromatic amines is 1. The van der Waals surface area contributed by atoms with E-state index in [0.717, 1.165) is 54.5 Å². The minimum absolute atomic E-state index is 0.0516. The fraction of sp³-hybridized carbons (Fsp3) is 0.485. The zero-order chi connectivity index (χ0) is 26.5. The topological polar surface area (TPSA) is 69.1 Å². The maximum absolute atomic E-state index is 11.9. The van der Waals surface area contributed by atoms with Crippen LogP contribution in [0.1, 0.15) is 92.1 Å². The summed E-state index contributed by atoms with van der Waals surface area (Å²) in [5, 5.41) is 21.7. The standard InChI is InChI=1S/C33H44N2O2/c1-6-11-29(33(37)28-17-24(7-2)21(4)25(8-3)18-28)27(16-23-12-9-10-13-23)20-32-34-30-15-14-26(22(5)36)19-31(30)35-32/h6,14-15,17-19,23,27,29,33,36-37H,1,5,7-13,16,20H2,2-4H3,(H,34,35). The average molecular weight is 501 g/mol. The molecule has 3 unspecified atom stereocenters. The second kappa shape index (κ2) is 12.1. The van der Waals surface area contributed by atoms with Crippen LogP contribution in [0, 0.1) is 24.7 Å². The van der Waals surface area contributed by atoms with Crippen LogP contribution in [0.4, 0.5) is 0 Å². The Hall–Kier alpha value is -2.85. The minimum atomic E-state index is -0.547. The first kappa shape index (κ1) is 27.2. The monoisotopic (exact) mass is 500 g/mol. The fourth-order valence-electron chi connectivity index (χ4n) is 6.46. The first-order valence-corrected chi connectivity index (χ1v) is 14.1. The molecule has 3 atom stereocenters. The quantitative estimate of drug-likeness (QED) is 0.173. The number of fused-ring (bicyclic) bond motifs is 1. The number of nitrogens with zero attached hydrogens (tertiary/aromatic N) is 1. The Morgan fingerprint density at radius 3 is 2.41 bits per heavy atom. The summed E-state index contributed by atoms with van der Waals surface area (Å²) >= 11 is 0. The highest BCUT2D eigenvalue weighted by atomic mass is 16.3. The molecule has 1 aliphatic rings. The lowest BCUT2D eigenvalue weighted by atomic mass is 9.75. The van der Waals surface area contributed by atoms with Crippen LogP contribution in [0.25, 0.3) is 16.8 Å². The molecule has 0 aliphatic heterocycles. The second-order valence-electron chi connectivity index (χ2n) is 11.0. The van der Waals surface area contributed by atoms with E-state index in [-0.39, 0.29) is 17.6 Å². The van der Waals surface area contributed by atoms with Crippen LogP contribution < -0.4 is 0 Å². The Balaban J connectivity index is 1.68. The van der Waals surface area contributed by atoms with Crippen molar-refractivity contribution < 1.29 is 10.2 Å². The van der Waals surface area contributed by atoms with Crippen molar-refractivity contribution in [2.24, 2.45) is 17.8 Å². The summed E-state index contributed by atoms with van der Waals surface area (Å²) in [7, 11) is 0. The predicted molar refractivity (Wildman–Crippen MR) is 155 cm³/mol. The van der Waals surface area contributed by atoms with Crippen LogP contribution in [-0.2, 0) is 19.3 Å². The van der Waals surface area contributed by atoms with E-state index < -0.39 is 6.10 Å². The van der Waals surface area contributed by atoms with Gasteiger partial charge in [0.05, 0.1) is 17.1 Å². The normalized spacial score (nSPS) is 16.6. The number of H-pyrrole nitrogens is 1. The zero-order valence-corrected chi connectivity index (χ0v) is 22.9. The lowest BCUT2D eigenvalue weighted by molar-refractivity contribution is 0.0630. The van der Waals surface area contributed by atoms with Gasteiger partial charge in [0.25, 0.3) is 0 Å². The van der Waals surface area contributed by atoms with Crippen molar-refractivity contribution in [2.75, 3.05) is 0 Å². The van der Waals surface area contributed by atoms with Crippen LogP contribution >= 0.6 is 0 Å². The van der Waals surface area contributed by atoms with E-state index in [1.54, 1.807) is 0 Å². The molecule has 1 saturated carbocycles. The maximum atomic E-state index is 11.9. The van der Waals surface area contributed by atoms with Crippen LogP contribution in [-0.4, -0.2) is 20.2 Å². The molecule has 3 N–H and O–H groups in total. The van der Waals surface area contributed by atoms with Crippen molar-refractivity contribution in [3.63, 3.8) is 0 Å². The maximum Gasteiger partial charge on any atom is 0.115 e. The lowest BCUT2D eigenvalue weighted by Crippen LogP contribution is -2.26. The van der Waals surface area contributed by atoms with Crippen LogP contribution in [0.3, 0.4) is 0 Å². The van der Waals surface area contributed by atoms with Crippen LogP contribution in [0.5, 0.6) is 0 Å². The number of benzene rings is 2. The number of aliphatic hydroxyl groups is 2. The Kier molecular flexibility index (Phi) is 8.91. The first-order chi connectivity index (χ1) is 17.8. The van der Waals surface area contributed by atoms with Gasteiger partial charge in [-0.1, -0.05) is 64.3 Å². The second-order valence-corrected chi connectivity index (χ2v) is 11.0. The van der Waals surface area contributed by atoms with Gasteiger partial charge in [-0.05, 0) is 90.8 Å². The molecule has 0 amide bonds. The summed E-state index contributed by atoms with van der Waals surface area (Å²) in [5.74, 6) is 2.04. The third-order valence-corrected chi connectivity index (χ3v) is 8.63. The molecule has 4 rings (SSSR count). The Bertz CT molecular complexity index is 1210. The van der Waals surface area contributed by atoms with Gasteiger partial charge in [0.15, 0.2) is 0 Å². The number of aromatic nitrogens is 2. The molecule has 4 heteroatoms. The first-order valence-electron chi connectivity index (χ1n) is 14.1. The van der Waals surface area contributed by atoms with Crippen LogP contribution in [0.2, 0.25) is 0 Å². The average Bonchev–Trinajstić information content (AvgIpc) is 3.55. The highest BCUT2D eigenvalue weighted by molar-refractivity contribution is 5.79. The molecule has 0 radical (unpaired) electrons. The molecular formula is C33H44N2O2. The largest absolute Gasteiger partial charge is 0.508 e. The van der Waals surface area contributed by atoms with E-state index in [1.807, 2.05) is 24.3 Å². The van der Waals surface area contributed by atoms with Crippen LogP contribution in [0.15, 0.2) is 49.6 Å². The molecule has 1 fully saturated rings. The van der Waals surface area contributed by atoms with Gasteiger partial charge in [-0.25, -0.2) is 4.98 Å². The summed E-state index contributed by atoms with van der Waals surface area (Å²) < 4.78 is 0. The molecule has 0 bridgehead atoms. The number of rotatable bonds is 12. The van der Waals surface area contributed by atoms with E-state index in [4.69, 9.17) is 4.98 Å². The number of hydrogen-bond donors (Lipinski definition) is 3. The van der Waals surface area contributed by atoms with E-state index in [9.17, 15) is 10.2 Å². The molecule has 4 nitrogen and oxygen atoms in total. The molecule has 3 aromatic rings. The van der Waals surface area contributed by atoms with Gasteiger partial charge < -0.3 is 15.2 Å². The zero-order valence-electron chi connectivity index (χ0n) is 22.9. The number of hydrogen-bond acceptors (Lipinski definition) is 3. The Morgan fingerprint density at radius 2 is 1.81 bits per heavy atom. The van der Waals surface area contributed by atoms with Gasteiger partial charge in [0, 0.05) is 12.0 Å². The molecule has 1 aliphatic carbocycles. The van der Waals surface area contributed by atoms with Gasteiger partial charge in [-0.2, -0.15) is 0 Å². The highest BCUT2D eigenvalue weighted by Gasteiger charge is 2.32. The summed E-state index contributed by atoms with van der Waals surface area (Å²) in [6.45, 7) is 14.3. The van der Waals surface area contributed by atoms with Crippen molar-refractivity contribution in [1.29, 1.82) is 0 Å². The minimum Gasteiger partial charge on any atom is -0.508 e. The molecule has 0 saturated heterocycles. The summed E-state index contributed by atoms with van der Waals surface area (Å²) in [5.41, 5.74) is 7.54. The number of imidazole rings is 1. The van der Waals surface area contributed by atoms with Crippen molar-refractivity contribution >= 4 is 16.8 Å². The molecule has 198 valence electrons. The molecule has 37 heavy (non-hydrogen) atoms. The van der Waals surface area contributed by atoms with E-state index >= 15 is 0 Å². The summed E-state index contributed by atoms with van der Waals surface area (Å²) in [6.07, 6.45) is 11.2. The molecular weight excluding hydrogens is 456 g/mol. The predicted octanol–water partition coefficient (Wildman–Crippen LogP) is 8.19. The van der Waals surface area contributed by atoms with E-state index in [1.165, 1.54) is 42.4 Å². The summed E-state index contributed by atoms with van der Waals surface area (Å²) in [6, 6.07) is 10.2. The Morgan fingerprint density at radius 1 is 1.14 bits per heavy atom. The van der Waals surface area contributed by atoms with Gasteiger partial charge >= 0.3 is 0 Å². The lowest BCUT2D eigenvalue weighted by Gasteiger charge is -2.33. The summed E-state index contributed by atoms with van der Waals surface area (Å²) in [4.78, 5) is 8.40. The number of nitrogens with one attached hydrogen (secondary N) is 1. The third kappa shape index (κ3) is 6.18. The number of aryl methyl sites for hydroxylation is 2. The van der Waals surface area contributed by atoms with Gasteiger partial charge in [-0.3, -0.25) is 0 Å². The van der Waals surface area contributed by atoms with Gasteiger partial charge in [0.1, 0.15) is 11.6 Å². The molecule has 0 spiro atoms. The fourth-order valence-corrected chi connectivity index (χ4v) is 6.46. The molecule has 2 aromatic carbocycles. The van der Waals surface area contributed by atoms with Crippen molar-refractivity contribution in [1.82, 2.24) is 9.97 Å². The Labute approximate surface area is 222 Å². The smallest absolute Gasteiger partial charge is 0.115 e. The van der Waals surface area contributed by atoms with Crippen molar-refractivity contribution in [2.45, 2.75) is 84.7 Å². The number of aliphatic hydroxyl groups excluding tert-OH is 2. The van der Waals surface area contributed by atoms with E-state index in [2.05, 4.69) is 51.0 Å². The molecule has 1 heterocycles. The van der Waals surface area contributed by atoms with E-state index in [0.29, 0.717) is 11.5 Å². The highest BCUT2D eigenvalue weighted by Crippen LogP contribution is 2.41. The van der Waals surface area contributed by atoms with Gasteiger partial charge in [-0.15, -0.1) is 6.58 Å². The van der Waals surface area contributed by atoms with Crippen molar-refractivity contribution in [3.05, 3.63) is 83.2 Å². The molecule has 1 aromatic heterocycles.